The van der Waals surface area contributed by atoms with Gasteiger partial charge in [-0.1, -0.05) is 36.3 Å². The monoisotopic (exact) mass is 416 g/mol. The van der Waals surface area contributed by atoms with Crippen LogP contribution in [0.25, 0.3) is 0 Å². The third-order valence-corrected chi connectivity index (χ3v) is 5.20. The number of carbonyl (C=O) groups excluding carboxylic acids is 1. The number of aliphatic carboxylic acids is 1. The first kappa shape index (κ1) is 21.8. The summed E-state index contributed by atoms with van der Waals surface area (Å²) < 4.78 is 5.31. The lowest BCUT2D eigenvalue weighted by Gasteiger charge is -2.32. The summed E-state index contributed by atoms with van der Waals surface area (Å²) in [5.41, 5.74) is 2.39. The number of amides is 1. The van der Waals surface area contributed by atoms with Crippen LogP contribution in [-0.4, -0.2) is 71.9 Å². The molecule has 1 aromatic rings. The van der Waals surface area contributed by atoms with Crippen molar-refractivity contribution in [1.29, 1.82) is 5.41 Å². The SMILES string of the molecule is CCCNC(=N)c1ccc(C2=NOC(C(=O)N3CCC(OCC(=O)O)CC3)C2)cc1. The highest BCUT2D eigenvalue weighted by Gasteiger charge is 2.34. The summed E-state index contributed by atoms with van der Waals surface area (Å²) in [5.74, 6) is -0.705. The summed E-state index contributed by atoms with van der Waals surface area (Å²) in [5, 5.41) is 23.9. The number of benzene rings is 1. The molecule has 2 heterocycles. The molecule has 0 spiro atoms. The molecule has 162 valence electrons. The fourth-order valence-electron chi connectivity index (χ4n) is 3.50. The Labute approximate surface area is 175 Å². The first-order chi connectivity index (χ1) is 14.5. The van der Waals surface area contributed by atoms with Crippen LogP contribution in [0.1, 0.15) is 43.7 Å². The van der Waals surface area contributed by atoms with E-state index in [1.165, 1.54) is 0 Å². The molecule has 0 bridgehead atoms. The molecule has 1 aromatic carbocycles. The van der Waals surface area contributed by atoms with Crippen LogP contribution in [0.4, 0.5) is 0 Å². The maximum Gasteiger partial charge on any atom is 0.329 e. The van der Waals surface area contributed by atoms with E-state index < -0.39 is 12.1 Å². The van der Waals surface area contributed by atoms with Crippen molar-refractivity contribution in [3.05, 3.63) is 35.4 Å². The number of amidine groups is 1. The Morgan fingerprint density at radius 3 is 2.63 bits per heavy atom. The Morgan fingerprint density at radius 1 is 1.30 bits per heavy atom. The highest BCUT2D eigenvalue weighted by Crippen LogP contribution is 2.21. The average Bonchev–Trinajstić information content (AvgIpc) is 3.26. The molecule has 1 saturated heterocycles. The summed E-state index contributed by atoms with van der Waals surface area (Å²) in [6.07, 6.45) is 1.81. The predicted molar refractivity (Wildman–Crippen MR) is 111 cm³/mol. The summed E-state index contributed by atoms with van der Waals surface area (Å²) in [6, 6.07) is 7.50. The van der Waals surface area contributed by atoms with Crippen LogP contribution >= 0.6 is 0 Å². The molecule has 30 heavy (non-hydrogen) atoms. The standard InChI is InChI=1S/C21H28N4O5/c1-2-9-23-20(22)15-5-3-14(4-6-15)17-12-18(30-24-17)21(28)25-10-7-16(8-11-25)29-13-19(26)27/h3-6,16,18H,2,7-13H2,1H3,(H2,22,23)(H,26,27). The molecule has 9 nitrogen and oxygen atoms in total. The largest absolute Gasteiger partial charge is 0.480 e. The number of hydrogen-bond acceptors (Lipinski definition) is 6. The number of ether oxygens (including phenoxy) is 1. The van der Waals surface area contributed by atoms with Crippen molar-refractivity contribution in [3.63, 3.8) is 0 Å². The van der Waals surface area contributed by atoms with Crippen molar-refractivity contribution in [2.75, 3.05) is 26.2 Å². The number of nitrogens with one attached hydrogen (secondary N) is 2. The van der Waals surface area contributed by atoms with Crippen molar-refractivity contribution in [3.8, 4) is 0 Å². The second-order valence-electron chi connectivity index (χ2n) is 7.44. The zero-order valence-corrected chi connectivity index (χ0v) is 17.1. The van der Waals surface area contributed by atoms with Gasteiger partial charge in [0.1, 0.15) is 12.4 Å². The Hall–Kier alpha value is -2.94. The van der Waals surface area contributed by atoms with Gasteiger partial charge >= 0.3 is 5.97 Å². The zero-order chi connectivity index (χ0) is 21.5. The van der Waals surface area contributed by atoms with E-state index >= 15 is 0 Å². The molecule has 1 amide bonds. The lowest BCUT2D eigenvalue weighted by molar-refractivity contribution is -0.149. The van der Waals surface area contributed by atoms with Gasteiger partial charge in [-0.3, -0.25) is 10.2 Å². The van der Waals surface area contributed by atoms with Crippen LogP contribution in [0.2, 0.25) is 0 Å². The summed E-state index contributed by atoms with van der Waals surface area (Å²) >= 11 is 0. The van der Waals surface area contributed by atoms with Gasteiger partial charge in [-0.2, -0.15) is 0 Å². The van der Waals surface area contributed by atoms with E-state index in [0.717, 1.165) is 24.1 Å². The number of nitrogens with zero attached hydrogens (tertiary/aromatic N) is 2. The van der Waals surface area contributed by atoms with Gasteiger partial charge in [0.25, 0.3) is 5.91 Å². The molecule has 3 rings (SSSR count). The molecule has 1 atom stereocenters. The number of carbonyl (C=O) groups is 2. The van der Waals surface area contributed by atoms with E-state index in [-0.39, 0.29) is 18.6 Å². The molecule has 2 aliphatic rings. The van der Waals surface area contributed by atoms with Crippen LogP contribution in [0.3, 0.4) is 0 Å². The van der Waals surface area contributed by atoms with Crippen molar-refractivity contribution < 1.29 is 24.3 Å². The molecular formula is C21H28N4O5. The van der Waals surface area contributed by atoms with Crippen LogP contribution in [0, 0.1) is 5.41 Å². The smallest absolute Gasteiger partial charge is 0.329 e. The van der Waals surface area contributed by atoms with Gasteiger partial charge in [0, 0.05) is 31.6 Å². The first-order valence-electron chi connectivity index (χ1n) is 10.3. The van der Waals surface area contributed by atoms with Crippen molar-refractivity contribution in [2.45, 2.75) is 44.8 Å². The van der Waals surface area contributed by atoms with E-state index in [1.54, 1.807) is 4.90 Å². The summed E-state index contributed by atoms with van der Waals surface area (Å²) in [4.78, 5) is 30.5. The number of oxime groups is 1. The molecule has 1 fully saturated rings. The highest BCUT2D eigenvalue weighted by atomic mass is 16.6. The molecular weight excluding hydrogens is 388 g/mol. The quantitative estimate of drug-likeness (QED) is 0.437. The van der Waals surface area contributed by atoms with Gasteiger partial charge in [0.05, 0.1) is 11.8 Å². The van der Waals surface area contributed by atoms with Crippen molar-refractivity contribution in [2.24, 2.45) is 5.16 Å². The van der Waals surface area contributed by atoms with Crippen molar-refractivity contribution in [1.82, 2.24) is 10.2 Å². The number of rotatable bonds is 8. The van der Waals surface area contributed by atoms with E-state index in [1.807, 2.05) is 24.3 Å². The third kappa shape index (κ3) is 5.56. The molecule has 0 saturated carbocycles. The van der Waals surface area contributed by atoms with Crippen LogP contribution in [-0.2, 0) is 19.2 Å². The lowest BCUT2D eigenvalue weighted by atomic mass is 10.0. The number of piperidine rings is 1. The van der Waals surface area contributed by atoms with Gasteiger partial charge in [0.2, 0.25) is 6.10 Å². The van der Waals surface area contributed by atoms with Crippen molar-refractivity contribution >= 4 is 23.4 Å². The molecule has 0 aliphatic carbocycles. The molecule has 9 heteroatoms. The zero-order valence-electron chi connectivity index (χ0n) is 17.1. The van der Waals surface area contributed by atoms with Crippen LogP contribution in [0.5, 0.6) is 0 Å². The number of carboxylic acids is 1. The number of carboxylic acid groups (broad SMARTS) is 1. The fraction of sp³-hybridized carbons (Fsp3) is 0.524. The topological polar surface area (TPSA) is 124 Å². The minimum atomic E-state index is -0.986. The highest BCUT2D eigenvalue weighted by molar-refractivity contribution is 6.05. The maximum absolute atomic E-state index is 12.8. The minimum Gasteiger partial charge on any atom is -0.480 e. The second-order valence-corrected chi connectivity index (χ2v) is 7.44. The number of likely N-dealkylation sites (tertiary alicyclic amines) is 1. The molecule has 2 aliphatic heterocycles. The average molecular weight is 416 g/mol. The predicted octanol–water partition coefficient (Wildman–Crippen LogP) is 1.60. The van der Waals surface area contributed by atoms with Gasteiger partial charge in [-0.05, 0) is 24.8 Å². The Kier molecular flexibility index (Phi) is 7.40. The van der Waals surface area contributed by atoms with E-state index in [9.17, 15) is 9.59 Å². The Balaban J connectivity index is 1.48. The summed E-state index contributed by atoms with van der Waals surface area (Å²) in [7, 11) is 0. The van der Waals surface area contributed by atoms with E-state index in [2.05, 4.69) is 17.4 Å². The molecule has 1 unspecified atom stereocenters. The number of hydrogen-bond donors (Lipinski definition) is 3. The Bertz CT molecular complexity index is 800. The van der Waals surface area contributed by atoms with E-state index in [4.69, 9.17) is 20.1 Å². The van der Waals surface area contributed by atoms with Gasteiger partial charge in [-0.15, -0.1) is 0 Å². The molecule has 0 aromatic heterocycles. The van der Waals surface area contributed by atoms with Gasteiger partial charge in [0.15, 0.2) is 0 Å². The molecule has 3 N–H and O–H groups in total. The Morgan fingerprint density at radius 2 is 2.00 bits per heavy atom. The minimum absolute atomic E-state index is 0.104. The summed E-state index contributed by atoms with van der Waals surface area (Å²) in [6.45, 7) is 3.52. The van der Waals surface area contributed by atoms with Gasteiger partial charge in [-0.25, -0.2) is 4.79 Å². The lowest BCUT2D eigenvalue weighted by Crippen LogP contribution is -2.45. The second kappa shape index (κ2) is 10.2. The molecule has 0 radical (unpaired) electrons. The maximum atomic E-state index is 12.8. The van der Waals surface area contributed by atoms with Crippen LogP contribution in [0.15, 0.2) is 29.4 Å². The first-order valence-corrected chi connectivity index (χ1v) is 10.3. The van der Waals surface area contributed by atoms with Crippen LogP contribution < -0.4 is 5.32 Å². The van der Waals surface area contributed by atoms with E-state index in [0.29, 0.717) is 43.9 Å². The van der Waals surface area contributed by atoms with Gasteiger partial charge < -0.3 is 24.9 Å². The fourth-order valence-corrected chi connectivity index (χ4v) is 3.50. The normalized spacial score (nSPS) is 19.2. The third-order valence-electron chi connectivity index (χ3n) is 5.20.